The predicted molar refractivity (Wildman–Crippen MR) is 50.8 cm³/mol. The lowest BCUT2D eigenvalue weighted by atomic mass is 10.3. The largest absolute Gasteiger partial charge is 0.501 e. The van der Waals surface area contributed by atoms with E-state index < -0.39 is 12.1 Å². The molecule has 1 N–H and O–H groups in total. The van der Waals surface area contributed by atoms with Crippen LogP contribution in [0.3, 0.4) is 0 Å². The van der Waals surface area contributed by atoms with Crippen molar-refractivity contribution in [1.29, 1.82) is 0 Å². The molecule has 0 atom stereocenters. The first-order valence-electron chi connectivity index (χ1n) is 4.49. The lowest BCUT2D eigenvalue weighted by Gasteiger charge is -2.13. The number of alkyl halides is 2. The van der Waals surface area contributed by atoms with Crippen molar-refractivity contribution >= 4 is 5.97 Å². The van der Waals surface area contributed by atoms with Gasteiger partial charge >= 0.3 is 12.1 Å². The predicted octanol–water partition coefficient (Wildman–Crippen LogP) is 2.14. The number of hydrogen-bond donors (Lipinski definition) is 1. The molecule has 0 amide bonds. The molecule has 0 spiro atoms. The molecule has 1 aromatic rings. The van der Waals surface area contributed by atoms with Crippen LogP contribution in [0.5, 0.6) is 11.5 Å². The standard InChI is InChI=1S/C10H10F2O4/c1-2-15-7-3-5-8(6-4-7)16-10(11,12)9(13)14/h3-6H,2H2,1H3,(H,13,14). The summed E-state index contributed by atoms with van der Waals surface area (Å²) in [5.41, 5.74) is 0. The third kappa shape index (κ3) is 3.08. The Bertz CT molecular complexity index is 362. The van der Waals surface area contributed by atoms with Crippen LogP contribution >= 0.6 is 0 Å². The second kappa shape index (κ2) is 4.78. The third-order valence-electron chi connectivity index (χ3n) is 1.63. The smallest absolute Gasteiger partial charge is 0.494 e. The second-order valence-electron chi connectivity index (χ2n) is 2.83. The highest BCUT2D eigenvalue weighted by atomic mass is 19.3. The first kappa shape index (κ1) is 12.2. The van der Waals surface area contributed by atoms with Crippen molar-refractivity contribution in [2.75, 3.05) is 6.61 Å². The van der Waals surface area contributed by atoms with Gasteiger partial charge in [-0.15, -0.1) is 0 Å². The first-order chi connectivity index (χ1) is 7.45. The van der Waals surface area contributed by atoms with Crippen molar-refractivity contribution in [3.05, 3.63) is 24.3 Å². The fourth-order valence-electron chi connectivity index (χ4n) is 0.962. The Morgan fingerprint density at radius 3 is 2.25 bits per heavy atom. The zero-order chi connectivity index (χ0) is 12.2. The minimum Gasteiger partial charge on any atom is -0.494 e. The molecule has 0 unspecified atom stereocenters. The quantitative estimate of drug-likeness (QED) is 0.844. The highest BCUT2D eigenvalue weighted by Crippen LogP contribution is 2.24. The lowest BCUT2D eigenvalue weighted by molar-refractivity contribution is -0.210. The lowest BCUT2D eigenvalue weighted by Crippen LogP contribution is -2.34. The van der Waals surface area contributed by atoms with Crippen LogP contribution < -0.4 is 9.47 Å². The number of carboxylic acids is 1. The van der Waals surface area contributed by atoms with Crippen LogP contribution in [0.25, 0.3) is 0 Å². The zero-order valence-electron chi connectivity index (χ0n) is 8.44. The number of aliphatic carboxylic acids is 1. The van der Waals surface area contributed by atoms with Crippen LogP contribution in [0.4, 0.5) is 8.78 Å². The molecule has 4 nitrogen and oxygen atoms in total. The summed E-state index contributed by atoms with van der Waals surface area (Å²) in [6, 6.07) is 5.25. The minimum atomic E-state index is -4.23. The van der Waals surface area contributed by atoms with Crippen molar-refractivity contribution in [3.63, 3.8) is 0 Å². The monoisotopic (exact) mass is 232 g/mol. The van der Waals surface area contributed by atoms with Gasteiger partial charge in [0.2, 0.25) is 0 Å². The van der Waals surface area contributed by atoms with Crippen LogP contribution in [0.2, 0.25) is 0 Å². The maximum absolute atomic E-state index is 12.6. The summed E-state index contributed by atoms with van der Waals surface area (Å²) in [4.78, 5) is 10.1. The molecule has 16 heavy (non-hydrogen) atoms. The van der Waals surface area contributed by atoms with Crippen molar-refractivity contribution in [2.24, 2.45) is 0 Å². The Kier molecular flexibility index (Phi) is 3.65. The average molecular weight is 232 g/mol. The average Bonchev–Trinajstić information content (AvgIpc) is 2.21. The molecule has 0 heterocycles. The van der Waals surface area contributed by atoms with Crippen molar-refractivity contribution < 1.29 is 28.2 Å². The van der Waals surface area contributed by atoms with Crippen LogP contribution in [0, 0.1) is 0 Å². The Balaban J connectivity index is 2.72. The van der Waals surface area contributed by atoms with Gasteiger partial charge in [-0.1, -0.05) is 0 Å². The van der Waals surface area contributed by atoms with Gasteiger partial charge in [-0.25, -0.2) is 4.79 Å². The molecule has 0 fully saturated rings. The molecule has 88 valence electrons. The number of carbonyl (C=O) groups is 1. The summed E-state index contributed by atoms with van der Waals surface area (Å²) in [7, 11) is 0. The molecule has 0 aromatic heterocycles. The van der Waals surface area contributed by atoms with Crippen LogP contribution in [0.15, 0.2) is 24.3 Å². The van der Waals surface area contributed by atoms with E-state index >= 15 is 0 Å². The van der Waals surface area contributed by atoms with Crippen LogP contribution in [0.1, 0.15) is 6.92 Å². The van der Waals surface area contributed by atoms with E-state index in [0.29, 0.717) is 12.4 Å². The normalized spacial score (nSPS) is 10.9. The van der Waals surface area contributed by atoms with E-state index in [-0.39, 0.29) is 5.75 Å². The molecule has 0 saturated heterocycles. The first-order valence-corrected chi connectivity index (χ1v) is 4.49. The van der Waals surface area contributed by atoms with Crippen molar-refractivity contribution in [1.82, 2.24) is 0 Å². The number of halogens is 2. The highest BCUT2D eigenvalue weighted by Gasteiger charge is 2.42. The molecular formula is C10H10F2O4. The van der Waals surface area contributed by atoms with E-state index in [0.717, 1.165) is 0 Å². The molecule has 0 aliphatic heterocycles. The Labute approximate surface area is 90.4 Å². The molecule has 1 aromatic carbocycles. The van der Waals surface area contributed by atoms with E-state index in [1.165, 1.54) is 24.3 Å². The third-order valence-corrected chi connectivity index (χ3v) is 1.63. The van der Waals surface area contributed by atoms with Gasteiger partial charge in [0.05, 0.1) is 6.61 Å². The number of benzene rings is 1. The number of rotatable bonds is 5. The Morgan fingerprint density at radius 1 is 1.31 bits per heavy atom. The summed E-state index contributed by atoms with van der Waals surface area (Å²) < 4.78 is 34.3. The zero-order valence-corrected chi connectivity index (χ0v) is 8.44. The maximum Gasteiger partial charge on any atom is 0.501 e. The molecule has 6 heteroatoms. The van der Waals surface area contributed by atoms with Gasteiger partial charge < -0.3 is 14.6 Å². The van der Waals surface area contributed by atoms with Gasteiger partial charge in [0, 0.05) is 0 Å². The van der Waals surface area contributed by atoms with Crippen LogP contribution in [-0.2, 0) is 4.79 Å². The van der Waals surface area contributed by atoms with E-state index in [2.05, 4.69) is 4.74 Å². The number of hydrogen-bond acceptors (Lipinski definition) is 3. The van der Waals surface area contributed by atoms with Crippen molar-refractivity contribution in [2.45, 2.75) is 13.0 Å². The molecule has 0 saturated carbocycles. The maximum atomic E-state index is 12.6. The topological polar surface area (TPSA) is 55.8 Å². The minimum absolute atomic E-state index is 0.240. The molecule has 0 radical (unpaired) electrons. The summed E-state index contributed by atoms with van der Waals surface area (Å²) in [6.45, 7) is 2.23. The fraction of sp³-hybridized carbons (Fsp3) is 0.300. The summed E-state index contributed by atoms with van der Waals surface area (Å²) >= 11 is 0. The summed E-state index contributed by atoms with van der Waals surface area (Å²) in [5.74, 6) is -2.08. The Morgan fingerprint density at radius 2 is 1.81 bits per heavy atom. The molecule has 0 aliphatic rings. The summed E-state index contributed by atoms with van der Waals surface area (Å²) in [5, 5.41) is 8.14. The molecular weight excluding hydrogens is 222 g/mol. The van der Waals surface area contributed by atoms with E-state index in [1.54, 1.807) is 6.92 Å². The Hall–Kier alpha value is -1.85. The van der Waals surface area contributed by atoms with Gasteiger partial charge in [-0.2, -0.15) is 8.78 Å². The van der Waals surface area contributed by atoms with Gasteiger partial charge in [0.1, 0.15) is 11.5 Å². The SMILES string of the molecule is CCOc1ccc(OC(F)(F)C(=O)O)cc1. The van der Waals surface area contributed by atoms with Gasteiger partial charge in [0.15, 0.2) is 0 Å². The fourth-order valence-corrected chi connectivity index (χ4v) is 0.962. The van der Waals surface area contributed by atoms with E-state index in [4.69, 9.17) is 9.84 Å². The molecule has 0 bridgehead atoms. The highest BCUT2D eigenvalue weighted by molar-refractivity contribution is 5.73. The van der Waals surface area contributed by atoms with Gasteiger partial charge in [-0.05, 0) is 31.2 Å². The second-order valence-corrected chi connectivity index (χ2v) is 2.83. The van der Waals surface area contributed by atoms with E-state index in [1.807, 2.05) is 0 Å². The van der Waals surface area contributed by atoms with E-state index in [9.17, 15) is 13.6 Å². The molecule has 0 aliphatic carbocycles. The van der Waals surface area contributed by atoms with Gasteiger partial charge in [0.25, 0.3) is 0 Å². The van der Waals surface area contributed by atoms with Gasteiger partial charge in [-0.3, -0.25) is 0 Å². The number of ether oxygens (including phenoxy) is 2. The van der Waals surface area contributed by atoms with Crippen molar-refractivity contribution in [3.8, 4) is 11.5 Å². The number of carboxylic acid groups (broad SMARTS) is 1. The summed E-state index contributed by atoms with van der Waals surface area (Å²) in [6.07, 6.45) is -4.23. The molecule has 1 rings (SSSR count). The van der Waals surface area contributed by atoms with Crippen LogP contribution in [-0.4, -0.2) is 23.8 Å².